The van der Waals surface area contributed by atoms with Gasteiger partial charge in [-0.15, -0.1) is 0 Å². The normalized spacial score (nSPS) is 14.2. The number of rotatable bonds is 4. The third-order valence-corrected chi connectivity index (χ3v) is 5.16. The predicted molar refractivity (Wildman–Crippen MR) is 110 cm³/mol. The quantitative estimate of drug-likeness (QED) is 0.824. The van der Waals surface area contributed by atoms with E-state index in [4.69, 9.17) is 23.2 Å². The lowest BCUT2D eigenvalue weighted by Crippen LogP contribution is -2.48. The number of nitrogens with one attached hydrogen (secondary N) is 1. The van der Waals surface area contributed by atoms with Crippen molar-refractivity contribution in [3.8, 4) is 0 Å². The standard InChI is InChI=1S/C20H21Cl2N3O2/c1-2-19(26)25-11-9-24(10-12-25)16-6-4-15(5-7-16)23-20(27)17-13-14(21)3-8-18(17)22/h3-8,13H,2,9-12H2,1H3,(H,23,27). The van der Waals surface area contributed by atoms with Crippen molar-refractivity contribution in [2.45, 2.75) is 13.3 Å². The summed E-state index contributed by atoms with van der Waals surface area (Å²) in [5.41, 5.74) is 2.09. The molecule has 0 radical (unpaired) electrons. The highest BCUT2D eigenvalue weighted by molar-refractivity contribution is 6.36. The first-order valence-corrected chi connectivity index (χ1v) is 9.62. The zero-order valence-electron chi connectivity index (χ0n) is 15.0. The number of anilines is 2. The van der Waals surface area contributed by atoms with Crippen LogP contribution in [0.2, 0.25) is 10.0 Å². The summed E-state index contributed by atoms with van der Waals surface area (Å²) in [6.07, 6.45) is 0.547. The van der Waals surface area contributed by atoms with Gasteiger partial charge in [-0.1, -0.05) is 30.1 Å². The van der Waals surface area contributed by atoms with E-state index in [-0.39, 0.29) is 11.8 Å². The topological polar surface area (TPSA) is 52.7 Å². The van der Waals surface area contributed by atoms with Crippen molar-refractivity contribution >= 4 is 46.4 Å². The van der Waals surface area contributed by atoms with Crippen LogP contribution in [0.3, 0.4) is 0 Å². The molecule has 142 valence electrons. The average Bonchev–Trinajstić information content (AvgIpc) is 2.70. The fourth-order valence-electron chi connectivity index (χ4n) is 3.06. The number of carbonyl (C=O) groups is 2. The highest BCUT2D eigenvalue weighted by atomic mass is 35.5. The minimum absolute atomic E-state index is 0.201. The molecule has 0 saturated carbocycles. The van der Waals surface area contributed by atoms with Crippen LogP contribution in [0.5, 0.6) is 0 Å². The lowest BCUT2D eigenvalue weighted by molar-refractivity contribution is -0.131. The van der Waals surface area contributed by atoms with Gasteiger partial charge in [-0.2, -0.15) is 0 Å². The summed E-state index contributed by atoms with van der Waals surface area (Å²) in [4.78, 5) is 28.3. The fourth-order valence-corrected chi connectivity index (χ4v) is 3.44. The van der Waals surface area contributed by atoms with Gasteiger partial charge < -0.3 is 15.1 Å². The van der Waals surface area contributed by atoms with Gasteiger partial charge in [-0.05, 0) is 42.5 Å². The van der Waals surface area contributed by atoms with E-state index in [0.717, 1.165) is 31.9 Å². The van der Waals surface area contributed by atoms with Gasteiger partial charge in [0.2, 0.25) is 5.91 Å². The van der Waals surface area contributed by atoms with Crippen LogP contribution in [0, 0.1) is 0 Å². The van der Waals surface area contributed by atoms with Crippen LogP contribution in [0.15, 0.2) is 42.5 Å². The van der Waals surface area contributed by atoms with Crippen LogP contribution in [-0.2, 0) is 4.79 Å². The van der Waals surface area contributed by atoms with Crippen LogP contribution in [0.1, 0.15) is 23.7 Å². The maximum absolute atomic E-state index is 12.4. The van der Waals surface area contributed by atoms with Gasteiger partial charge in [-0.3, -0.25) is 9.59 Å². The van der Waals surface area contributed by atoms with Gasteiger partial charge in [-0.25, -0.2) is 0 Å². The molecule has 0 spiro atoms. The van der Waals surface area contributed by atoms with Gasteiger partial charge in [0.25, 0.3) is 5.91 Å². The summed E-state index contributed by atoms with van der Waals surface area (Å²) in [7, 11) is 0. The molecule has 1 saturated heterocycles. The minimum Gasteiger partial charge on any atom is -0.368 e. The van der Waals surface area contributed by atoms with E-state index in [1.165, 1.54) is 0 Å². The third kappa shape index (κ3) is 4.73. The van der Waals surface area contributed by atoms with Gasteiger partial charge in [0.05, 0.1) is 10.6 Å². The number of piperazine rings is 1. The zero-order valence-corrected chi connectivity index (χ0v) is 16.6. The molecule has 0 aliphatic carbocycles. The van der Waals surface area contributed by atoms with Crippen molar-refractivity contribution in [3.05, 3.63) is 58.1 Å². The first-order chi connectivity index (χ1) is 13.0. The maximum atomic E-state index is 12.4. The average molecular weight is 406 g/mol. The van der Waals surface area contributed by atoms with E-state index in [1.54, 1.807) is 18.2 Å². The highest BCUT2D eigenvalue weighted by Gasteiger charge is 2.20. The van der Waals surface area contributed by atoms with Crippen molar-refractivity contribution < 1.29 is 9.59 Å². The Hall–Kier alpha value is -2.24. The molecule has 2 amide bonds. The molecular formula is C20H21Cl2N3O2. The van der Waals surface area contributed by atoms with Gasteiger partial charge >= 0.3 is 0 Å². The molecule has 0 unspecified atom stereocenters. The third-order valence-electron chi connectivity index (χ3n) is 4.60. The summed E-state index contributed by atoms with van der Waals surface area (Å²) in [6.45, 7) is 4.96. The summed E-state index contributed by atoms with van der Waals surface area (Å²) >= 11 is 12.0. The monoisotopic (exact) mass is 405 g/mol. The molecule has 27 heavy (non-hydrogen) atoms. The highest BCUT2D eigenvalue weighted by Crippen LogP contribution is 2.23. The molecule has 5 nitrogen and oxygen atoms in total. The first-order valence-electron chi connectivity index (χ1n) is 8.87. The number of amides is 2. The van der Waals surface area contributed by atoms with E-state index in [2.05, 4.69) is 10.2 Å². The summed E-state index contributed by atoms with van der Waals surface area (Å²) in [5, 5.41) is 3.65. The van der Waals surface area contributed by atoms with E-state index in [0.29, 0.717) is 27.7 Å². The molecule has 0 bridgehead atoms. The van der Waals surface area contributed by atoms with Gasteiger partial charge in [0.1, 0.15) is 0 Å². The summed E-state index contributed by atoms with van der Waals surface area (Å²) in [5.74, 6) is -0.102. The van der Waals surface area contributed by atoms with Crippen LogP contribution in [0.4, 0.5) is 11.4 Å². The molecule has 0 aromatic heterocycles. The molecule has 2 aromatic carbocycles. The molecule has 1 N–H and O–H groups in total. The molecule has 2 aromatic rings. The predicted octanol–water partition coefficient (Wildman–Crippen LogP) is 4.30. The van der Waals surface area contributed by atoms with Crippen LogP contribution in [0.25, 0.3) is 0 Å². The van der Waals surface area contributed by atoms with E-state index < -0.39 is 0 Å². The Kier molecular flexibility index (Phi) is 6.24. The van der Waals surface area contributed by atoms with Crippen LogP contribution >= 0.6 is 23.2 Å². The number of hydrogen-bond donors (Lipinski definition) is 1. The second kappa shape index (κ2) is 8.63. The van der Waals surface area contributed by atoms with Crippen LogP contribution < -0.4 is 10.2 Å². The Morgan fingerprint density at radius 3 is 2.30 bits per heavy atom. The maximum Gasteiger partial charge on any atom is 0.257 e. The summed E-state index contributed by atoms with van der Waals surface area (Å²) < 4.78 is 0. The number of nitrogens with zero attached hydrogens (tertiary/aromatic N) is 2. The van der Waals surface area contributed by atoms with E-state index >= 15 is 0 Å². The second-order valence-corrected chi connectivity index (χ2v) is 7.19. The van der Waals surface area contributed by atoms with Gasteiger partial charge in [0.15, 0.2) is 0 Å². The Labute approximate surface area is 168 Å². The minimum atomic E-state index is -0.304. The molecule has 1 aliphatic rings. The SMILES string of the molecule is CCC(=O)N1CCN(c2ccc(NC(=O)c3cc(Cl)ccc3Cl)cc2)CC1. The lowest BCUT2D eigenvalue weighted by atomic mass is 10.2. The molecule has 0 atom stereocenters. The second-order valence-electron chi connectivity index (χ2n) is 6.35. The largest absolute Gasteiger partial charge is 0.368 e. The molecule has 3 rings (SSSR count). The Morgan fingerprint density at radius 2 is 1.67 bits per heavy atom. The molecule has 1 aliphatic heterocycles. The number of halogens is 2. The zero-order chi connectivity index (χ0) is 19.4. The van der Waals surface area contributed by atoms with Crippen molar-refractivity contribution in [2.24, 2.45) is 0 Å². The number of hydrogen-bond acceptors (Lipinski definition) is 3. The molecular weight excluding hydrogens is 385 g/mol. The number of carbonyl (C=O) groups excluding carboxylic acids is 2. The molecule has 1 fully saturated rings. The Morgan fingerprint density at radius 1 is 1.00 bits per heavy atom. The summed E-state index contributed by atoms with van der Waals surface area (Å²) in [6, 6.07) is 12.4. The van der Waals surface area contributed by atoms with E-state index in [9.17, 15) is 9.59 Å². The van der Waals surface area contributed by atoms with Crippen molar-refractivity contribution in [3.63, 3.8) is 0 Å². The lowest BCUT2D eigenvalue weighted by Gasteiger charge is -2.36. The van der Waals surface area contributed by atoms with Crippen molar-refractivity contribution in [1.82, 2.24) is 4.90 Å². The first kappa shape index (κ1) is 19.5. The fraction of sp³-hybridized carbons (Fsp3) is 0.300. The van der Waals surface area contributed by atoms with E-state index in [1.807, 2.05) is 36.1 Å². The van der Waals surface area contributed by atoms with Gasteiger partial charge in [0, 0.05) is 49.0 Å². The van der Waals surface area contributed by atoms with Crippen molar-refractivity contribution in [2.75, 3.05) is 36.4 Å². The van der Waals surface area contributed by atoms with Crippen LogP contribution in [-0.4, -0.2) is 42.9 Å². The van der Waals surface area contributed by atoms with Crippen molar-refractivity contribution in [1.29, 1.82) is 0 Å². The molecule has 1 heterocycles. The smallest absolute Gasteiger partial charge is 0.257 e. The molecule has 7 heteroatoms. The Balaban J connectivity index is 1.62. The number of benzene rings is 2. The Bertz CT molecular complexity index is 832.